The van der Waals surface area contributed by atoms with Crippen LogP contribution in [0, 0.1) is 5.82 Å². The van der Waals surface area contributed by atoms with Gasteiger partial charge in [-0.25, -0.2) is 18.0 Å². The minimum atomic E-state index is -2.60. The number of hydrogen-bond donors (Lipinski definition) is 1. The third kappa shape index (κ3) is 3.12. The number of nitrogens with zero attached hydrogens (tertiary/aromatic N) is 1. The second-order valence-corrected chi connectivity index (χ2v) is 4.13. The first kappa shape index (κ1) is 13.8. The molecule has 3 nitrogen and oxygen atoms in total. The molecule has 94 valence electrons. The van der Waals surface area contributed by atoms with Crippen molar-refractivity contribution in [2.75, 3.05) is 18.5 Å². The molecule has 0 radical (unpaired) electrons. The highest BCUT2D eigenvalue weighted by molar-refractivity contribution is 9.10. The van der Waals surface area contributed by atoms with Crippen LogP contribution in [0.5, 0.6) is 0 Å². The number of rotatable bonds is 4. The number of halogens is 4. The first-order valence-corrected chi connectivity index (χ1v) is 5.34. The van der Waals surface area contributed by atoms with E-state index >= 15 is 0 Å². The summed E-state index contributed by atoms with van der Waals surface area (Å²) in [6, 6.07) is 2.32. The second kappa shape index (κ2) is 5.39. The minimum Gasteiger partial charge on any atom is -0.478 e. The Balaban J connectivity index is 3.12. The van der Waals surface area contributed by atoms with Gasteiger partial charge in [0.05, 0.1) is 22.3 Å². The second-order valence-electron chi connectivity index (χ2n) is 3.34. The molecule has 0 saturated carbocycles. The molecule has 0 aliphatic rings. The molecule has 17 heavy (non-hydrogen) atoms. The van der Waals surface area contributed by atoms with Crippen LogP contribution < -0.4 is 4.90 Å². The van der Waals surface area contributed by atoms with Gasteiger partial charge in [-0.1, -0.05) is 0 Å². The van der Waals surface area contributed by atoms with Gasteiger partial charge in [-0.3, -0.25) is 0 Å². The predicted octanol–water partition coefficient (Wildman–Crippen LogP) is 2.99. The largest absolute Gasteiger partial charge is 0.478 e. The maximum atomic E-state index is 13.7. The van der Waals surface area contributed by atoms with Gasteiger partial charge in [0.15, 0.2) is 5.82 Å². The molecule has 1 aromatic carbocycles. The molecule has 7 heteroatoms. The smallest absolute Gasteiger partial charge is 0.336 e. The Morgan fingerprint density at radius 2 is 2.12 bits per heavy atom. The lowest BCUT2D eigenvalue weighted by molar-refractivity contribution is 0.0695. The van der Waals surface area contributed by atoms with Crippen LogP contribution in [0.25, 0.3) is 0 Å². The molecule has 0 heterocycles. The zero-order valence-electron chi connectivity index (χ0n) is 8.75. The zero-order valence-corrected chi connectivity index (χ0v) is 10.3. The number of carboxylic acids is 1. The van der Waals surface area contributed by atoms with E-state index in [4.69, 9.17) is 5.11 Å². The van der Waals surface area contributed by atoms with Crippen LogP contribution in [0.15, 0.2) is 16.6 Å². The van der Waals surface area contributed by atoms with Gasteiger partial charge >= 0.3 is 5.97 Å². The van der Waals surface area contributed by atoms with E-state index in [0.717, 1.165) is 17.0 Å². The first-order chi connectivity index (χ1) is 7.84. The summed E-state index contributed by atoms with van der Waals surface area (Å²) >= 11 is 2.80. The number of carboxylic acid groups (broad SMARTS) is 1. The predicted molar refractivity (Wildman–Crippen MR) is 60.3 cm³/mol. The Morgan fingerprint density at radius 1 is 1.53 bits per heavy atom. The van der Waals surface area contributed by atoms with Crippen molar-refractivity contribution in [2.45, 2.75) is 6.43 Å². The van der Waals surface area contributed by atoms with Crippen molar-refractivity contribution >= 4 is 27.6 Å². The summed E-state index contributed by atoms with van der Waals surface area (Å²) in [5, 5.41) is 8.73. The molecule has 0 aliphatic carbocycles. The maximum absolute atomic E-state index is 13.7. The molecule has 0 aromatic heterocycles. The number of benzene rings is 1. The van der Waals surface area contributed by atoms with Crippen molar-refractivity contribution in [1.82, 2.24) is 0 Å². The molecule has 1 aromatic rings. The van der Waals surface area contributed by atoms with Crippen molar-refractivity contribution in [3.05, 3.63) is 28.0 Å². The Morgan fingerprint density at radius 3 is 2.59 bits per heavy atom. The number of aromatic carboxylic acids is 1. The van der Waals surface area contributed by atoms with Gasteiger partial charge in [-0.2, -0.15) is 0 Å². The summed E-state index contributed by atoms with van der Waals surface area (Å²) in [6.45, 7) is -0.629. The average Bonchev–Trinajstić information content (AvgIpc) is 2.20. The molecule has 0 amide bonds. The molecule has 0 unspecified atom stereocenters. The Kier molecular flexibility index (Phi) is 4.39. The molecule has 0 aliphatic heterocycles. The molecule has 0 spiro atoms. The Bertz CT molecular complexity index is 440. The third-order valence-corrected chi connectivity index (χ3v) is 2.89. The van der Waals surface area contributed by atoms with E-state index in [-0.39, 0.29) is 15.7 Å². The van der Waals surface area contributed by atoms with Crippen LogP contribution in [0.1, 0.15) is 10.4 Å². The van der Waals surface area contributed by atoms with Crippen molar-refractivity contribution in [3.63, 3.8) is 0 Å². The van der Waals surface area contributed by atoms with Gasteiger partial charge in [0.2, 0.25) is 0 Å². The van der Waals surface area contributed by atoms with Gasteiger partial charge in [0.1, 0.15) is 0 Å². The summed E-state index contributed by atoms with van der Waals surface area (Å²) in [5.41, 5.74) is -0.334. The minimum absolute atomic E-state index is 0.0813. The first-order valence-electron chi connectivity index (χ1n) is 4.55. The zero-order chi connectivity index (χ0) is 13.2. The van der Waals surface area contributed by atoms with Crippen molar-refractivity contribution < 1.29 is 23.1 Å². The number of alkyl halides is 2. The summed E-state index contributed by atoms with van der Waals surface area (Å²) in [4.78, 5) is 11.7. The van der Waals surface area contributed by atoms with Gasteiger partial charge < -0.3 is 10.0 Å². The molecule has 0 saturated heterocycles. The summed E-state index contributed by atoms with van der Waals surface area (Å²) in [7, 11) is 1.30. The number of carbonyl (C=O) groups is 1. The average molecular weight is 312 g/mol. The Hall–Kier alpha value is -1.24. The number of hydrogen-bond acceptors (Lipinski definition) is 2. The van der Waals surface area contributed by atoms with Gasteiger partial charge in [-0.15, -0.1) is 0 Å². The van der Waals surface area contributed by atoms with Crippen LogP contribution in [0.4, 0.5) is 18.9 Å². The summed E-state index contributed by atoms with van der Waals surface area (Å²) in [5.74, 6) is -2.16. The maximum Gasteiger partial charge on any atom is 0.336 e. The lowest BCUT2D eigenvalue weighted by Gasteiger charge is -2.20. The van der Waals surface area contributed by atoms with Crippen LogP contribution in [-0.2, 0) is 0 Å². The van der Waals surface area contributed by atoms with Gasteiger partial charge in [-0.05, 0) is 28.1 Å². The highest BCUT2D eigenvalue weighted by Crippen LogP contribution is 2.29. The lowest BCUT2D eigenvalue weighted by Crippen LogP contribution is -2.25. The van der Waals surface area contributed by atoms with E-state index in [1.54, 1.807) is 0 Å². The van der Waals surface area contributed by atoms with E-state index in [1.807, 2.05) is 0 Å². The highest BCUT2D eigenvalue weighted by atomic mass is 79.9. The Labute approximate surface area is 104 Å². The monoisotopic (exact) mass is 311 g/mol. The van der Waals surface area contributed by atoms with E-state index in [2.05, 4.69) is 15.9 Å². The van der Waals surface area contributed by atoms with Gasteiger partial charge in [0.25, 0.3) is 6.43 Å². The molecular weight excluding hydrogens is 303 g/mol. The molecule has 1 N–H and O–H groups in total. The molecular formula is C10H9BrF3NO2. The standard InChI is InChI=1S/C10H9BrF3NO2/c1-15(4-7(12)13)6-3-2-5(10(16)17)8(11)9(6)14/h2-3,7H,4H2,1H3,(H,16,17). The fourth-order valence-corrected chi connectivity index (χ4v) is 1.81. The summed E-state index contributed by atoms with van der Waals surface area (Å²) < 4.78 is 37.8. The molecule has 1 rings (SSSR count). The highest BCUT2D eigenvalue weighted by Gasteiger charge is 2.19. The fourth-order valence-electron chi connectivity index (χ4n) is 1.30. The van der Waals surface area contributed by atoms with Crippen LogP contribution in [0.2, 0.25) is 0 Å². The normalized spacial score (nSPS) is 10.7. The van der Waals surface area contributed by atoms with E-state index in [9.17, 15) is 18.0 Å². The molecule has 0 fully saturated rings. The quantitative estimate of drug-likeness (QED) is 0.929. The lowest BCUT2D eigenvalue weighted by atomic mass is 10.2. The van der Waals surface area contributed by atoms with Crippen molar-refractivity contribution in [1.29, 1.82) is 0 Å². The van der Waals surface area contributed by atoms with Crippen LogP contribution in [0.3, 0.4) is 0 Å². The SMILES string of the molecule is CN(CC(F)F)c1ccc(C(=O)O)c(Br)c1F. The topological polar surface area (TPSA) is 40.5 Å². The molecule has 0 atom stereocenters. The van der Waals surface area contributed by atoms with Crippen molar-refractivity contribution in [3.8, 4) is 0 Å². The summed E-state index contributed by atoms with van der Waals surface area (Å²) in [6.07, 6.45) is -2.60. The van der Waals surface area contributed by atoms with E-state index in [0.29, 0.717) is 0 Å². The van der Waals surface area contributed by atoms with E-state index < -0.39 is 24.8 Å². The van der Waals surface area contributed by atoms with Crippen LogP contribution >= 0.6 is 15.9 Å². The number of anilines is 1. The fraction of sp³-hybridized carbons (Fsp3) is 0.300. The van der Waals surface area contributed by atoms with E-state index in [1.165, 1.54) is 7.05 Å². The molecule has 0 bridgehead atoms. The van der Waals surface area contributed by atoms with Crippen molar-refractivity contribution in [2.24, 2.45) is 0 Å². The van der Waals surface area contributed by atoms with Gasteiger partial charge in [0, 0.05) is 7.05 Å². The van der Waals surface area contributed by atoms with Crippen LogP contribution in [-0.4, -0.2) is 31.1 Å². The third-order valence-electron chi connectivity index (χ3n) is 2.12.